The monoisotopic (exact) mass is 242 g/mol. The Balaban J connectivity index is 2.98. The fourth-order valence-corrected chi connectivity index (χ4v) is 2.88. The number of rotatable bonds is 5. The molecule has 0 aliphatic heterocycles. The van der Waals surface area contributed by atoms with Crippen LogP contribution in [-0.4, -0.2) is 32.9 Å². The van der Waals surface area contributed by atoms with E-state index in [9.17, 15) is 8.42 Å². The molecule has 0 aliphatic carbocycles. The van der Waals surface area contributed by atoms with E-state index in [2.05, 4.69) is 0 Å². The highest BCUT2D eigenvalue weighted by atomic mass is 32.2. The van der Waals surface area contributed by atoms with E-state index in [0.29, 0.717) is 24.4 Å². The molecule has 90 valence electrons. The van der Waals surface area contributed by atoms with Crippen LogP contribution in [0.3, 0.4) is 0 Å². The van der Waals surface area contributed by atoms with E-state index < -0.39 is 10.0 Å². The van der Waals surface area contributed by atoms with Crippen LogP contribution >= 0.6 is 0 Å². The minimum Gasteiger partial charge on any atom is -0.330 e. The second-order valence-corrected chi connectivity index (χ2v) is 5.75. The molecule has 0 aromatic heterocycles. The zero-order valence-electron chi connectivity index (χ0n) is 9.68. The zero-order valence-corrected chi connectivity index (χ0v) is 10.5. The minimum atomic E-state index is -3.36. The Morgan fingerprint density at radius 1 is 1.31 bits per heavy atom. The lowest BCUT2D eigenvalue weighted by atomic mass is 10.2. The molecular weight excluding hydrogens is 224 g/mol. The average Bonchev–Trinajstić information content (AvgIpc) is 2.26. The molecule has 0 atom stereocenters. The van der Waals surface area contributed by atoms with Crippen LogP contribution in [0.1, 0.15) is 12.0 Å². The molecular formula is C11H18N2O2S. The highest BCUT2D eigenvalue weighted by molar-refractivity contribution is 7.89. The van der Waals surface area contributed by atoms with Gasteiger partial charge in [0.1, 0.15) is 0 Å². The molecule has 16 heavy (non-hydrogen) atoms. The number of nitrogens with zero attached hydrogens (tertiary/aromatic N) is 1. The van der Waals surface area contributed by atoms with Crippen LogP contribution in [-0.2, 0) is 10.0 Å². The molecule has 0 saturated heterocycles. The smallest absolute Gasteiger partial charge is 0.243 e. The van der Waals surface area contributed by atoms with Gasteiger partial charge in [-0.3, -0.25) is 0 Å². The summed E-state index contributed by atoms with van der Waals surface area (Å²) in [6.07, 6.45) is 0.668. The van der Waals surface area contributed by atoms with Crippen molar-refractivity contribution in [2.75, 3.05) is 20.1 Å². The minimum absolute atomic E-state index is 0.370. The Morgan fingerprint density at radius 2 is 1.94 bits per heavy atom. The first-order chi connectivity index (χ1) is 7.50. The Kier molecular flexibility index (Phi) is 4.46. The van der Waals surface area contributed by atoms with Crippen molar-refractivity contribution in [1.82, 2.24) is 4.31 Å². The van der Waals surface area contributed by atoms with E-state index in [1.54, 1.807) is 32.2 Å². The number of benzene rings is 1. The van der Waals surface area contributed by atoms with Crippen LogP contribution in [0.15, 0.2) is 29.2 Å². The fourth-order valence-electron chi connectivity index (χ4n) is 1.45. The maximum Gasteiger partial charge on any atom is 0.243 e. The zero-order chi connectivity index (χ0) is 12.2. The second-order valence-electron chi connectivity index (χ2n) is 3.73. The van der Waals surface area contributed by atoms with Crippen LogP contribution in [0.4, 0.5) is 0 Å². The third kappa shape index (κ3) is 2.81. The molecule has 0 aliphatic rings. The summed E-state index contributed by atoms with van der Waals surface area (Å²) in [5, 5.41) is 0. The van der Waals surface area contributed by atoms with Crippen molar-refractivity contribution >= 4 is 10.0 Å². The molecule has 0 fully saturated rings. The Hall–Kier alpha value is -0.910. The summed E-state index contributed by atoms with van der Waals surface area (Å²) in [7, 11) is -1.78. The summed E-state index contributed by atoms with van der Waals surface area (Å²) in [5.74, 6) is 0. The summed E-state index contributed by atoms with van der Waals surface area (Å²) in [5.41, 5.74) is 6.13. The van der Waals surface area contributed by atoms with Crippen LogP contribution < -0.4 is 5.73 Å². The number of sulfonamides is 1. The molecule has 0 saturated carbocycles. The molecule has 0 radical (unpaired) electrons. The molecule has 0 bridgehead atoms. The van der Waals surface area contributed by atoms with Crippen molar-refractivity contribution in [3.63, 3.8) is 0 Å². The number of aryl methyl sites for hydroxylation is 1. The first kappa shape index (κ1) is 13.2. The van der Waals surface area contributed by atoms with Gasteiger partial charge in [-0.1, -0.05) is 18.2 Å². The van der Waals surface area contributed by atoms with E-state index in [1.807, 2.05) is 6.07 Å². The molecule has 5 heteroatoms. The first-order valence-corrected chi connectivity index (χ1v) is 6.66. The fraction of sp³-hybridized carbons (Fsp3) is 0.455. The first-order valence-electron chi connectivity index (χ1n) is 5.22. The Morgan fingerprint density at radius 3 is 2.50 bits per heavy atom. The number of hydrogen-bond acceptors (Lipinski definition) is 3. The van der Waals surface area contributed by atoms with Crippen LogP contribution in [0.5, 0.6) is 0 Å². The van der Waals surface area contributed by atoms with E-state index in [0.717, 1.165) is 5.56 Å². The molecule has 0 amide bonds. The summed E-state index contributed by atoms with van der Waals surface area (Å²) in [6, 6.07) is 6.98. The highest BCUT2D eigenvalue weighted by Crippen LogP contribution is 2.18. The van der Waals surface area contributed by atoms with Gasteiger partial charge in [0.15, 0.2) is 0 Å². The predicted octanol–water partition coefficient (Wildman–Crippen LogP) is 0.964. The lowest BCUT2D eigenvalue weighted by Gasteiger charge is -2.17. The quantitative estimate of drug-likeness (QED) is 0.836. The molecule has 0 unspecified atom stereocenters. The van der Waals surface area contributed by atoms with Gasteiger partial charge >= 0.3 is 0 Å². The van der Waals surface area contributed by atoms with Gasteiger partial charge in [0.25, 0.3) is 0 Å². The topological polar surface area (TPSA) is 63.4 Å². The van der Waals surface area contributed by atoms with E-state index in [1.165, 1.54) is 4.31 Å². The van der Waals surface area contributed by atoms with Crippen LogP contribution in [0, 0.1) is 6.92 Å². The van der Waals surface area contributed by atoms with Crippen molar-refractivity contribution in [3.05, 3.63) is 29.8 Å². The lowest BCUT2D eigenvalue weighted by Crippen LogP contribution is -2.29. The largest absolute Gasteiger partial charge is 0.330 e. The predicted molar refractivity (Wildman–Crippen MR) is 64.7 cm³/mol. The summed E-state index contributed by atoms with van der Waals surface area (Å²) in [4.78, 5) is 0.370. The molecule has 2 N–H and O–H groups in total. The van der Waals surface area contributed by atoms with Crippen molar-refractivity contribution in [2.45, 2.75) is 18.2 Å². The summed E-state index contributed by atoms with van der Waals surface area (Å²) < 4.78 is 25.6. The van der Waals surface area contributed by atoms with E-state index in [4.69, 9.17) is 5.73 Å². The van der Waals surface area contributed by atoms with Crippen LogP contribution in [0.25, 0.3) is 0 Å². The van der Waals surface area contributed by atoms with Crippen molar-refractivity contribution < 1.29 is 8.42 Å². The Bertz CT molecular complexity index is 443. The van der Waals surface area contributed by atoms with Gasteiger partial charge < -0.3 is 5.73 Å². The van der Waals surface area contributed by atoms with Gasteiger partial charge in [-0.2, -0.15) is 0 Å². The Labute approximate surface area is 97.1 Å². The third-order valence-electron chi connectivity index (χ3n) is 2.46. The van der Waals surface area contributed by atoms with Crippen molar-refractivity contribution in [1.29, 1.82) is 0 Å². The molecule has 0 spiro atoms. The number of hydrogen-bond donors (Lipinski definition) is 1. The highest BCUT2D eigenvalue weighted by Gasteiger charge is 2.21. The van der Waals surface area contributed by atoms with Gasteiger partial charge in [-0.05, 0) is 31.5 Å². The van der Waals surface area contributed by atoms with Gasteiger partial charge in [0.05, 0.1) is 4.90 Å². The van der Waals surface area contributed by atoms with E-state index >= 15 is 0 Å². The summed E-state index contributed by atoms with van der Waals surface area (Å²) in [6.45, 7) is 2.74. The molecule has 0 heterocycles. The van der Waals surface area contributed by atoms with Crippen molar-refractivity contribution in [3.8, 4) is 0 Å². The molecule has 4 nitrogen and oxygen atoms in total. The maximum atomic E-state index is 12.1. The lowest BCUT2D eigenvalue weighted by molar-refractivity contribution is 0.463. The normalized spacial score (nSPS) is 12.0. The number of nitrogens with two attached hydrogens (primary N) is 1. The van der Waals surface area contributed by atoms with Gasteiger partial charge in [0, 0.05) is 13.6 Å². The van der Waals surface area contributed by atoms with Crippen LogP contribution in [0.2, 0.25) is 0 Å². The molecule has 1 rings (SSSR count). The van der Waals surface area contributed by atoms with Gasteiger partial charge in [-0.25, -0.2) is 12.7 Å². The van der Waals surface area contributed by atoms with Gasteiger partial charge in [-0.15, -0.1) is 0 Å². The van der Waals surface area contributed by atoms with E-state index in [-0.39, 0.29) is 0 Å². The SMILES string of the molecule is Cc1ccccc1S(=O)(=O)N(C)CCCN. The maximum absolute atomic E-state index is 12.1. The third-order valence-corrected chi connectivity index (χ3v) is 4.48. The second kappa shape index (κ2) is 5.43. The molecule has 1 aromatic carbocycles. The standard InChI is InChI=1S/C11H18N2O2S/c1-10-6-3-4-7-11(10)16(14,15)13(2)9-5-8-12/h3-4,6-7H,5,8-9,12H2,1-2H3. The average molecular weight is 242 g/mol. The van der Waals surface area contributed by atoms with Crippen molar-refractivity contribution in [2.24, 2.45) is 5.73 Å². The van der Waals surface area contributed by atoms with Gasteiger partial charge in [0.2, 0.25) is 10.0 Å². The summed E-state index contributed by atoms with van der Waals surface area (Å²) >= 11 is 0. The molecule has 1 aromatic rings.